The minimum Gasteiger partial charge on any atom is -0.309 e. The minimum absolute atomic E-state index is 1.14. The number of fused-ring (bicyclic) bond motifs is 4. The lowest BCUT2D eigenvalue weighted by molar-refractivity contribution is 1.30. The lowest BCUT2D eigenvalue weighted by atomic mass is 10.00. The molecule has 0 N–H and O–H groups in total. The second-order valence-electron chi connectivity index (χ2n) is 10.6. The summed E-state index contributed by atoms with van der Waals surface area (Å²) in [6.45, 7) is 0. The maximum atomic E-state index is 2.39. The van der Waals surface area contributed by atoms with Crippen LogP contribution in [0.2, 0.25) is 0 Å². The number of hydrogen-bond donors (Lipinski definition) is 0. The highest BCUT2D eigenvalue weighted by Gasteiger charge is 2.18. The van der Waals surface area contributed by atoms with Gasteiger partial charge in [-0.15, -0.1) is 11.3 Å². The second kappa shape index (κ2) is 10.3. The van der Waals surface area contributed by atoms with Gasteiger partial charge in [-0.25, -0.2) is 0 Å². The summed E-state index contributed by atoms with van der Waals surface area (Å²) >= 11 is 1.88. The Morgan fingerprint density at radius 2 is 0.905 bits per heavy atom. The molecular formula is C40H27NS. The lowest BCUT2D eigenvalue weighted by Gasteiger charge is -2.26. The Hall–Kier alpha value is -5.18. The van der Waals surface area contributed by atoms with Crippen LogP contribution in [-0.2, 0) is 0 Å². The number of benzene rings is 7. The first-order chi connectivity index (χ1) is 20.8. The fourth-order valence-electron chi connectivity index (χ4n) is 5.94. The topological polar surface area (TPSA) is 3.24 Å². The lowest BCUT2D eigenvalue weighted by Crippen LogP contribution is -2.09. The zero-order chi connectivity index (χ0) is 27.9. The summed E-state index contributed by atoms with van der Waals surface area (Å²) in [6.07, 6.45) is 0. The Morgan fingerprint density at radius 3 is 1.57 bits per heavy atom. The molecule has 42 heavy (non-hydrogen) atoms. The maximum absolute atomic E-state index is 2.39. The van der Waals surface area contributed by atoms with Crippen LogP contribution in [0.15, 0.2) is 164 Å². The Labute approximate surface area is 249 Å². The maximum Gasteiger partial charge on any atom is 0.0640 e. The van der Waals surface area contributed by atoms with E-state index in [1.807, 2.05) is 11.3 Å². The summed E-state index contributed by atoms with van der Waals surface area (Å²) in [5, 5.41) is 5.18. The average Bonchev–Trinajstić information content (AvgIpc) is 3.43. The third-order valence-electron chi connectivity index (χ3n) is 8.05. The second-order valence-corrected chi connectivity index (χ2v) is 11.7. The third kappa shape index (κ3) is 4.34. The van der Waals surface area contributed by atoms with Crippen molar-refractivity contribution >= 4 is 59.3 Å². The Kier molecular flexibility index (Phi) is 6.05. The average molecular weight is 554 g/mol. The van der Waals surface area contributed by atoms with Gasteiger partial charge in [0.2, 0.25) is 0 Å². The van der Waals surface area contributed by atoms with Gasteiger partial charge in [0.15, 0.2) is 0 Å². The van der Waals surface area contributed by atoms with E-state index in [4.69, 9.17) is 0 Å². The van der Waals surface area contributed by atoms with Crippen molar-refractivity contribution in [3.8, 4) is 22.3 Å². The number of rotatable bonds is 5. The SMILES string of the molecule is c1ccc(-c2ccc(-c3ccc(N(c4ccccc4)c4cccc5c4sc4cc6ccccc6cc45)cc3)cc2)cc1. The molecule has 0 atom stereocenters. The van der Waals surface area contributed by atoms with E-state index in [1.165, 1.54) is 58.9 Å². The molecule has 2 heteroatoms. The molecule has 0 saturated carbocycles. The predicted octanol–water partition coefficient (Wildman–Crippen LogP) is 12.0. The predicted molar refractivity (Wildman–Crippen MR) is 182 cm³/mol. The first kappa shape index (κ1) is 24.6. The summed E-state index contributed by atoms with van der Waals surface area (Å²) in [5.74, 6) is 0. The molecule has 0 radical (unpaired) electrons. The Morgan fingerprint density at radius 1 is 0.381 bits per heavy atom. The first-order valence-corrected chi connectivity index (χ1v) is 15.1. The van der Waals surface area contributed by atoms with Crippen LogP contribution in [-0.4, -0.2) is 0 Å². The van der Waals surface area contributed by atoms with Gasteiger partial charge < -0.3 is 4.90 Å². The molecule has 0 aliphatic rings. The van der Waals surface area contributed by atoms with Crippen LogP contribution in [0.5, 0.6) is 0 Å². The van der Waals surface area contributed by atoms with Crippen molar-refractivity contribution in [3.63, 3.8) is 0 Å². The molecule has 0 aliphatic carbocycles. The van der Waals surface area contributed by atoms with E-state index < -0.39 is 0 Å². The largest absolute Gasteiger partial charge is 0.309 e. The Balaban J connectivity index is 1.22. The molecule has 0 amide bonds. The molecule has 8 aromatic rings. The highest BCUT2D eigenvalue weighted by Crippen LogP contribution is 2.45. The molecule has 0 fully saturated rings. The number of thiophene rings is 1. The van der Waals surface area contributed by atoms with Gasteiger partial charge in [-0.3, -0.25) is 0 Å². The molecule has 7 aromatic carbocycles. The van der Waals surface area contributed by atoms with E-state index in [9.17, 15) is 0 Å². The van der Waals surface area contributed by atoms with Crippen molar-refractivity contribution in [2.45, 2.75) is 0 Å². The van der Waals surface area contributed by atoms with Crippen molar-refractivity contribution in [1.29, 1.82) is 0 Å². The highest BCUT2D eigenvalue weighted by atomic mass is 32.1. The monoisotopic (exact) mass is 553 g/mol. The molecule has 0 unspecified atom stereocenters. The van der Waals surface area contributed by atoms with E-state index in [2.05, 4.69) is 169 Å². The normalized spacial score (nSPS) is 11.3. The summed E-state index contributed by atoms with van der Waals surface area (Å²) in [7, 11) is 0. The van der Waals surface area contributed by atoms with Gasteiger partial charge in [0.25, 0.3) is 0 Å². The summed E-state index contributed by atoms with van der Waals surface area (Å²) in [5.41, 5.74) is 8.37. The van der Waals surface area contributed by atoms with Gasteiger partial charge in [0, 0.05) is 26.8 Å². The summed E-state index contributed by atoms with van der Waals surface area (Å²) in [6, 6.07) is 59.1. The zero-order valence-electron chi connectivity index (χ0n) is 22.9. The molecule has 8 rings (SSSR count). The van der Waals surface area contributed by atoms with Gasteiger partial charge in [0.05, 0.1) is 10.4 Å². The zero-order valence-corrected chi connectivity index (χ0v) is 23.8. The van der Waals surface area contributed by atoms with Crippen LogP contribution < -0.4 is 4.90 Å². The van der Waals surface area contributed by atoms with Gasteiger partial charge >= 0.3 is 0 Å². The number of nitrogens with zero attached hydrogens (tertiary/aromatic N) is 1. The van der Waals surface area contributed by atoms with E-state index >= 15 is 0 Å². The van der Waals surface area contributed by atoms with Crippen molar-refractivity contribution in [2.24, 2.45) is 0 Å². The molecule has 198 valence electrons. The van der Waals surface area contributed by atoms with Crippen LogP contribution in [0.1, 0.15) is 0 Å². The molecule has 1 nitrogen and oxygen atoms in total. The van der Waals surface area contributed by atoms with Crippen molar-refractivity contribution in [1.82, 2.24) is 0 Å². The molecule has 0 saturated heterocycles. The standard InChI is InChI=1S/C40H27NS/c1-3-10-28(11-4-1)29-18-20-30(21-19-29)31-22-24-35(25-23-31)41(34-14-5-2-6-15-34)38-17-9-16-36-37-26-32-12-7-8-13-33(32)27-39(37)42-40(36)38/h1-27H. The van der Waals surface area contributed by atoms with Crippen molar-refractivity contribution in [2.75, 3.05) is 4.90 Å². The molecule has 0 bridgehead atoms. The molecule has 1 heterocycles. The molecule has 1 aromatic heterocycles. The van der Waals surface area contributed by atoms with Crippen molar-refractivity contribution in [3.05, 3.63) is 164 Å². The van der Waals surface area contributed by atoms with Crippen LogP contribution in [0.3, 0.4) is 0 Å². The molecule has 0 aliphatic heterocycles. The van der Waals surface area contributed by atoms with Crippen molar-refractivity contribution < 1.29 is 0 Å². The van der Waals surface area contributed by atoms with Gasteiger partial charge in [-0.2, -0.15) is 0 Å². The van der Waals surface area contributed by atoms with E-state index in [0.717, 1.165) is 11.4 Å². The van der Waals surface area contributed by atoms with E-state index in [-0.39, 0.29) is 0 Å². The van der Waals surface area contributed by atoms with E-state index in [0.29, 0.717) is 0 Å². The smallest absolute Gasteiger partial charge is 0.0640 e. The highest BCUT2D eigenvalue weighted by molar-refractivity contribution is 7.26. The summed E-state index contributed by atoms with van der Waals surface area (Å²) < 4.78 is 2.62. The molecule has 0 spiro atoms. The number of anilines is 3. The van der Waals surface area contributed by atoms with Gasteiger partial charge in [0.1, 0.15) is 0 Å². The van der Waals surface area contributed by atoms with Gasteiger partial charge in [-0.05, 0) is 75.5 Å². The van der Waals surface area contributed by atoms with Crippen LogP contribution >= 0.6 is 11.3 Å². The first-order valence-electron chi connectivity index (χ1n) is 14.3. The van der Waals surface area contributed by atoms with Crippen LogP contribution in [0.25, 0.3) is 53.2 Å². The quantitative estimate of drug-likeness (QED) is 0.205. The number of hydrogen-bond acceptors (Lipinski definition) is 2. The van der Waals surface area contributed by atoms with Crippen LogP contribution in [0, 0.1) is 0 Å². The molecular weight excluding hydrogens is 527 g/mol. The fourth-order valence-corrected chi connectivity index (χ4v) is 7.17. The fraction of sp³-hybridized carbons (Fsp3) is 0. The number of para-hydroxylation sites is 1. The van der Waals surface area contributed by atoms with Crippen LogP contribution in [0.4, 0.5) is 17.1 Å². The third-order valence-corrected chi connectivity index (χ3v) is 9.24. The van der Waals surface area contributed by atoms with E-state index in [1.54, 1.807) is 0 Å². The Bertz CT molecular complexity index is 2160. The minimum atomic E-state index is 1.14. The van der Waals surface area contributed by atoms with Gasteiger partial charge in [-0.1, -0.05) is 121 Å². The summed E-state index contributed by atoms with van der Waals surface area (Å²) in [4.78, 5) is 2.39.